The minimum Gasteiger partial charge on any atom is -0.494 e. The molecule has 1 amide bonds. The Morgan fingerprint density at radius 1 is 1.15 bits per heavy atom. The Labute approximate surface area is 204 Å². The summed E-state index contributed by atoms with van der Waals surface area (Å²) in [6.07, 6.45) is 5.83. The first-order chi connectivity index (χ1) is 16.0. The monoisotopic (exact) mass is 477 g/mol. The highest BCUT2D eigenvalue weighted by molar-refractivity contribution is 8.26. The van der Waals surface area contributed by atoms with Gasteiger partial charge in [-0.2, -0.15) is 5.10 Å². The topological polar surface area (TPSA) is 47.4 Å². The van der Waals surface area contributed by atoms with Gasteiger partial charge in [0.25, 0.3) is 5.91 Å². The third-order valence-corrected chi connectivity index (χ3v) is 6.78. The van der Waals surface area contributed by atoms with Gasteiger partial charge in [-0.1, -0.05) is 55.5 Å². The van der Waals surface area contributed by atoms with Gasteiger partial charge < -0.3 is 4.74 Å². The van der Waals surface area contributed by atoms with E-state index in [1.54, 1.807) is 4.90 Å². The smallest absolute Gasteiger partial charge is 0.266 e. The van der Waals surface area contributed by atoms with Crippen LogP contribution in [0.5, 0.6) is 5.75 Å². The van der Waals surface area contributed by atoms with Gasteiger partial charge in [-0.3, -0.25) is 9.69 Å². The minimum atomic E-state index is -0.0280. The molecule has 2 aromatic carbocycles. The van der Waals surface area contributed by atoms with Crippen LogP contribution in [-0.2, 0) is 4.79 Å². The van der Waals surface area contributed by atoms with Crippen LogP contribution >= 0.6 is 24.0 Å². The lowest BCUT2D eigenvalue weighted by Gasteiger charge is -2.13. The van der Waals surface area contributed by atoms with Gasteiger partial charge in [-0.15, -0.1) is 0 Å². The van der Waals surface area contributed by atoms with Crippen LogP contribution in [0.1, 0.15) is 37.8 Å². The molecular weight excluding hydrogens is 450 g/mol. The third kappa shape index (κ3) is 5.04. The molecular formula is C26H27N3O2S2. The molecule has 0 bridgehead atoms. The SMILES string of the molecule is CCCCN1C(=O)/C(=C/c2cn(-c3ccccc3)nc2-c2ccc(OCC)c(C)c2)SC1=S. The number of amides is 1. The molecule has 4 rings (SSSR count). The summed E-state index contributed by atoms with van der Waals surface area (Å²) in [6.45, 7) is 7.39. The number of ether oxygens (including phenoxy) is 1. The molecule has 0 atom stereocenters. The zero-order valence-corrected chi connectivity index (χ0v) is 20.7. The van der Waals surface area contributed by atoms with Crippen molar-refractivity contribution in [3.05, 3.63) is 70.8 Å². The maximum absolute atomic E-state index is 13.0. The number of nitrogens with zero attached hydrogens (tertiary/aromatic N) is 3. The van der Waals surface area contributed by atoms with Crippen LogP contribution in [-0.4, -0.2) is 38.1 Å². The lowest BCUT2D eigenvalue weighted by molar-refractivity contribution is -0.122. The molecule has 5 nitrogen and oxygen atoms in total. The number of hydrogen-bond acceptors (Lipinski definition) is 5. The van der Waals surface area contributed by atoms with Gasteiger partial charge in [-0.25, -0.2) is 4.68 Å². The van der Waals surface area contributed by atoms with Crippen molar-refractivity contribution in [3.8, 4) is 22.7 Å². The van der Waals surface area contributed by atoms with Crippen molar-refractivity contribution in [2.45, 2.75) is 33.6 Å². The lowest BCUT2D eigenvalue weighted by Crippen LogP contribution is -2.28. The highest BCUT2D eigenvalue weighted by Gasteiger charge is 2.31. The molecule has 1 aliphatic heterocycles. The average Bonchev–Trinajstić information content (AvgIpc) is 3.35. The zero-order valence-electron chi connectivity index (χ0n) is 19.1. The van der Waals surface area contributed by atoms with Crippen LogP contribution in [0.4, 0.5) is 0 Å². The second-order valence-electron chi connectivity index (χ2n) is 7.81. The van der Waals surface area contributed by atoms with Crippen LogP contribution < -0.4 is 4.74 Å². The Hall–Kier alpha value is -2.90. The van der Waals surface area contributed by atoms with E-state index >= 15 is 0 Å². The first-order valence-electron chi connectivity index (χ1n) is 11.2. The molecule has 170 valence electrons. The normalized spacial score (nSPS) is 15.0. The van der Waals surface area contributed by atoms with E-state index in [1.807, 2.05) is 73.3 Å². The maximum atomic E-state index is 13.0. The van der Waals surface area contributed by atoms with E-state index in [4.69, 9.17) is 22.1 Å². The first kappa shape index (κ1) is 23.3. The standard InChI is InChI=1S/C26H27N3O2S2/c1-4-6-14-28-25(30)23(33-26(28)32)16-20-17-29(21-10-8-7-9-11-21)27-24(20)19-12-13-22(31-5-2)18(3)15-19/h7-13,15-17H,4-6,14H2,1-3H3/b23-16-. The van der Waals surface area contributed by atoms with Crippen molar-refractivity contribution in [1.29, 1.82) is 0 Å². The summed E-state index contributed by atoms with van der Waals surface area (Å²) >= 11 is 6.84. The fourth-order valence-electron chi connectivity index (χ4n) is 3.69. The number of hydrogen-bond donors (Lipinski definition) is 0. The van der Waals surface area contributed by atoms with E-state index < -0.39 is 0 Å². The van der Waals surface area contributed by atoms with Gasteiger partial charge in [0.2, 0.25) is 0 Å². The molecule has 0 radical (unpaired) electrons. The summed E-state index contributed by atoms with van der Waals surface area (Å²) in [7, 11) is 0. The van der Waals surface area contributed by atoms with Crippen molar-refractivity contribution in [3.63, 3.8) is 0 Å². The molecule has 7 heteroatoms. The predicted octanol–water partition coefficient (Wildman–Crippen LogP) is 6.25. The maximum Gasteiger partial charge on any atom is 0.266 e. The molecule has 0 aliphatic carbocycles. The fourth-order valence-corrected chi connectivity index (χ4v) is 4.99. The second kappa shape index (κ2) is 10.4. The van der Waals surface area contributed by atoms with Crippen molar-refractivity contribution in [2.75, 3.05) is 13.2 Å². The molecule has 0 saturated carbocycles. The van der Waals surface area contributed by atoms with Gasteiger partial charge in [0.1, 0.15) is 15.8 Å². The Balaban J connectivity index is 1.77. The summed E-state index contributed by atoms with van der Waals surface area (Å²) < 4.78 is 8.18. The van der Waals surface area contributed by atoms with Crippen LogP contribution in [0.2, 0.25) is 0 Å². The number of thioether (sulfide) groups is 1. The third-order valence-electron chi connectivity index (χ3n) is 5.41. The Morgan fingerprint density at radius 2 is 1.94 bits per heavy atom. The number of aromatic nitrogens is 2. The predicted molar refractivity (Wildman–Crippen MR) is 140 cm³/mol. The molecule has 0 N–H and O–H groups in total. The van der Waals surface area contributed by atoms with E-state index in [0.29, 0.717) is 22.4 Å². The van der Waals surface area contributed by atoms with Crippen LogP contribution in [0.15, 0.2) is 59.6 Å². The summed E-state index contributed by atoms with van der Waals surface area (Å²) in [5.41, 5.74) is 4.65. The van der Waals surface area contributed by atoms with E-state index in [-0.39, 0.29) is 5.91 Å². The molecule has 1 fully saturated rings. The van der Waals surface area contributed by atoms with Crippen molar-refractivity contribution >= 4 is 40.3 Å². The molecule has 3 aromatic rings. The van der Waals surface area contributed by atoms with Gasteiger partial charge in [0.05, 0.1) is 17.2 Å². The minimum absolute atomic E-state index is 0.0280. The van der Waals surface area contributed by atoms with Gasteiger partial charge in [-0.05, 0) is 62.2 Å². The molecule has 1 aliphatic rings. The van der Waals surface area contributed by atoms with Crippen molar-refractivity contribution in [1.82, 2.24) is 14.7 Å². The molecule has 2 heterocycles. The summed E-state index contributed by atoms with van der Waals surface area (Å²) in [6, 6.07) is 16.0. The highest BCUT2D eigenvalue weighted by atomic mass is 32.2. The Morgan fingerprint density at radius 3 is 2.64 bits per heavy atom. The molecule has 33 heavy (non-hydrogen) atoms. The summed E-state index contributed by atoms with van der Waals surface area (Å²) in [5, 5.41) is 4.89. The van der Waals surface area contributed by atoms with Crippen LogP contribution in [0.25, 0.3) is 23.0 Å². The van der Waals surface area contributed by atoms with Crippen LogP contribution in [0, 0.1) is 6.92 Å². The van der Waals surface area contributed by atoms with Crippen molar-refractivity contribution in [2.24, 2.45) is 0 Å². The highest BCUT2D eigenvalue weighted by Crippen LogP contribution is 2.35. The van der Waals surface area contributed by atoms with Crippen molar-refractivity contribution < 1.29 is 9.53 Å². The number of unbranched alkanes of at least 4 members (excludes halogenated alkanes) is 1. The quantitative estimate of drug-likeness (QED) is 0.284. The number of rotatable bonds is 8. The summed E-state index contributed by atoms with van der Waals surface area (Å²) in [4.78, 5) is 15.4. The van der Waals surface area contributed by atoms with Gasteiger partial charge in [0.15, 0.2) is 0 Å². The Kier molecular flexibility index (Phi) is 7.30. The first-order valence-corrected chi connectivity index (χ1v) is 12.4. The summed E-state index contributed by atoms with van der Waals surface area (Å²) in [5.74, 6) is 0.835. The number of thiocarbonyl (C=S) groups is 1. The number of para-hydroxylation sites is 1. The Bertz CT molecular complexity index is 1200. The molecule has 1 saturated heterocycles. The zero-order chi connectivity index (χ0) is 23.4. The number of carbonyl (C=O) groups excluding carboxylic acids is 1. The molecule has 0 spiro atoms. The second-order valence-corrected chi connectivity index (χ2v) is 9.49. The van der Waals surface area contributed by atoms with Gasteiger partial charge in [0, 0.05) is 23.9 Å². The lowest BCUT2D eigenvalue weighted by atomic mass is 10.0. The number of aryl methyl sites for hydroxylation is 1. The van der Waals surface area contributed by atoms with E-state index in [1.165, 1.54) is 11.8 Å². The number of carbonyl (C=O) groups is 1. The average molecular weight is 478 g/mol. The largest absolute Gasteiger partial charge is 0.494 e. The molecule has 1 aromatic heterocycles. The fraction of sp³-hybridized carbons (Fsp3) is 0.269. The molecule has 0 unspecified atom stereocenters. The van der Waals surface area contributed by atoms with Crippen LogP contribution in [0.3, 0.4) is 0 Å². The van der Waals surface area contributed by atoms with E-state index in [2.05, 4.69) is 13.0 Å². The van der Waals surface area contributed by atoms with E-state index in [0.717, 1.165) is 46.7 Å². The van der Waals surface area contributed by atoms with Gasteiger partial charge >= 0.3 is 0 Å². The number of benzene rings is 2. The van der Waals surface area contributed by atoms with E-state index in [9.17, 15) is 4.79 Å².